The molecule has 0 fully saturated rings. The van der Waals surface area contributed by atoms with E-state index >= 15 is 0 Å². The summed E-state index contributed by atoms with van der Waals surface area (Å²) in [6, 6.07) is 0. The number of esters is 2. The molecule has 5 heteroatoms. The average molecular weight is 1090 g/mol. The molecule has 1 N–H and O–H groups in total. The lowest BCUT2D eigenvalue weighted by atomic mass is 10.1. The maximum atomic E-state index is 12.3. The molecule has 0 amide bonds. The number of hydrogen-bond donors (Lipinski definition) is 1. The van der Waals surface area contributed by atoms with Crippen LogP contribution in [0.3, 0.4) is 0 Å². The molecule has 5 nitrogen and oxygen atoms in total. The van der Waals surface area contributed by atoms with Crippen molar-refractivity contribution in [3.8, 4) is 0 Å². The van der Waals surface area contributed by atoms with Crippen molar-refractivity contribution < 1.29 is 24.2 Å². The van der Waals surface area contributed by atoms with Gasteiger partial charge < -0.3 is 14.6 Å². The van der Waals surface area contributed by atoms with E-state index in [1.54, 1.807) is 0 Å². The maximum absolute atomic E-state index is 12.3. The van der Waals surface area contributed by atoms with Crippen molar-refractivity contribution in [3.63, 3.8) is 0 Å². The molecule has 438 valence electrons. The molecular formula is C75H108O5. The summed E-state index contributed by atoms with van der Waals surface area (Å²) in [7, 11) is 0. The van der Waals surface area contributed by atoms with Gasteiger partial charge in [-0.15, -0.1) is 0 Å². The molecule has 0 spiro atoms. The number of rotatable bonds is 52. The van der Waals surface area contributed by atoms with E-state index in [9.17, 15) is 14.7 Å². The zero-order valence-electron chi connectivity index (χ0n) is 50.0. The second kappa shape index (κ2) is 67.0. The summed E-state index contributed by atoms with van der Waals surface area (Å²) in [5.74, 6) is -0.718. The smallest absolute Gasteiger partial charge is 0.306 e. The Balaban J connectivity index is 3.79. The van der Waals surface area contributed by atoms with E-state index in [4.69, 9.17) is 9.47 Å². The van der Waals surface area contributed by atoms with Crippen LogP contribution >= 0.6 is 0 Å². The van der Waals surface area contributed by atoms with Crippen LogP contribution in [0.25, 0.3) is 0 Å². The number of ether oxygens (including phenoxy) is 2. The van der Waals surface area contributed by atoms with Gasteiger partial charge in [-0.3, -0.25) is 9.59 Å². The minimum absolute atomic E-state index is 0.126. The molecule has 1 unspecified atom stereocenters. The number of aliphatic hydroxyl groups excluding tert-OH is 1. The summed E-state index contributed by atoms with van der Waals surface area (Å²) in [4.78, 5) is 24.5. The first kappa shape index (κ1) is 73.7. The van der Waals surface area contributed by atoms with Gasteiger partial charge in [-0.25, -0.2) is 0 Å². The van der Waals surface area contributed by atoms with Crippen LogP contribution in [0, 0.1) is 0 Å². The van der Waals surface area contributed by atoms with Crippen molar-refractivity contribution in [1.82, 2.24) is 0 Å². The molecule has 0 aliphatic carbocycles. The highest BCUT2D eigenvalue weighted by atomic mass is 16.6. The quantitative estimate of drug-likeness (QED) is 0.0373. The summed E-state index contributed by atoms with van der Waals surface area (Å²) in [5, 5.41) is 9.66. The summed E-state index contributed by atoms with van der Waals surface area (Å²) in [5.41, 5.74) is 0. The zero-order chi connectivity index (χ0) is 57.6. The maximum Gasteiger partial charge on any atom is 0.306 e. The van der Waals surface area contributed by atoms with Gasteiger partial charge in [0.1, 0.15) is 6.61 Å². The molecule has 0 aromatic rings. The third-order valence-corrected chi connectivity index (χ3v) is 11.6. The molecule has 0 saturated carbocycles. The lowest BCUT2D eigenvalue weighted by Crippen LogP contribution is -2.28. The molecule has 0 aliphatic heterocycles. The van der Waals surface area contributed by atoms with Crippen molar-refractivity contribution in [2.45, 2.75) is 200 Å². The molecule has 0 heterocycles. The van der Waals surface area contributed by atoms with Gasteiger partial charge in [0.25, 0.3) is 0 Å². The van der Waals surface area contributed by atoms with Crippen LogP contribution in [0.2, 0.25) is 0 Å². The minimum Gasteiger partial charge on any atom is -0.462 e. The van der Waals surface area contributed by atoms with Crippen LogP contribution < -0.4 is 0 Å². The number of carbonyl (C=O) groups is 2. The van der Waals surface area contributed by atoms with Crippen molar-refractivity contribution in [1.29, 1.82) is 0 Å². The standard InChI is InChI=1S/C75H108O5/c1-3-5-7-9-11-13-15-17-19-21-23-25-27-29-31-33-35-37-39-41-43-45-47-49-51-53-55-57-59-61-63-65-67-69-74(77)79-72-73(71-76)80-75(78)70-68-66-64-62-60-58-56-54-52-50-48-46-44-42-40-38-36-34-32-30-28-26-24-22-20-18-16-14-12-10-8-6-4-2/h5-8,11-14,17-20,23-26,29-32,35-38,41-44,47-50,53-56,59-62,73,76H,3-4,9-10,15-16,21-22,27-28,33-34,39-40,45-46,51-52,57-58,63-72H2,1-2H3/b7-5-,8-6-,13-11-,14-12-,19-17-,20-18-,25-23-,26-24-,31-29-,32-30-,37-35-,38-36-,43-41-,44-42-,49-47-,50-48-,55-53-,56-54-,61-59-,62-60-. The van der Waals surface area contributed by atoms with Crippen LogP contribution in [0.4, 0.5) is 0 Å². The number of allylic oxidation sites excluding steroid dienone is 40. The van der Waals surface area contributed by atoms with Gasteiger partial charge in [-0.2, -0.15) is 0 Å². The van der Waals surface area contributed by atoms with Gasteiger partial charge >= 0.3 is 11.9 Å². The minimum atomic E-state index is -0.837. The van der Waals surface area contributed by atoms with Crippen molar-refractivity contribution >= 4 is 11.9 Å². The monoisotopic (exact) mass is 1090 g/mol. The molecule has 0 radical (unpaired) electrons. The molecule has 0 saturated heterocycles. The van der Waals surface area contributed by atoms with Gasteiger partial charge in [-0.05, 0) is 167 Å². The highest BCUT2D eigenvalue weighted by molar-refractivity contribution is 5.70. The highest BCUT2D eigenvalue weighted by Crippen LogP contribution is 2.08. The number of aliphatic hydroxyl groups is 1. The molecule has 0 aromatic heterocycles. The summed E-state index contributed by atoms with van der Waals surface area (Å²) in [6.45, 7) is 3.81. The van der Waals surface area contributed by atoms with Crippen molar-refractivity contribution in [2.24, 2.45) is 0 Å². The Labute approximate surface area is 489 Å². The Bertz CT molecular complexity index is 2060. The van der Waals surface area contributed by atoms with Gasteiger partial charge in [0.15, 0.2) is 6.10 Å². The molecule has 0 bridgehead atoms. The molecule has 0 aliphatic rings. The Kier molecular flexibility index (Phi) is 61.7. The summed E-state index contributed by atoms with van der Waals surface area (Å²) in [6.07, 6.45) is 113. The second-order valence-electron chi connectivity index (χ2n) is 19.0. The first-order chi connectivity index (χ1) is 39.6. The summed E-state index contributed by atoms with van der Waals surface area (Å²) < 4.78 is 10.6. The first-order valence-corrected chi connectivity index (χ1v) is 30.6. The predicted octanol–water partition coefficient (Wildman–Crippen LogP) is 21.5. The molecule has 0 aromatic carbocycles. The third kappa shape index (κ3) is 64.2. The SMILES string of the molecule is CC/C=C\C/C=C\C/C=C\C/C=C\C/C=C\C/C=C\C/C=C\C/C=C\C/C=C\C/C=C\CCCCC(=O)OCC(CO)OC(=O)CCCC/C=C\C/C=C\C/C=C\C/C=C\C/C=C\C/C=C\C/C=C\C/C=C\C/C=C\C/C=C\CC. The molecule has 0 rings (SSSR count). The van der Waals surface area contributed by atoms with Gasteiger partial charge in [0.05, 0.1) is 6.61 Å². The van der Waals surface area contributed by atoms with Crippen LogP contribution in [0.1, 0.15) is 194 Å². The van der Waals surface area contributed by atoms with Crippen LogP contribution in [-0.2, 0) is 19.1 Å². The van der Waals surface area contributed by atoms with Crippen LogP contribution in [-0.4, -0.2) is 36.4 Å². The summed E-state index contributed by atoms with van der Waals surface area (Å²) >= 11 is 0. The Morgan fingerprint density at radius 1 is 0.287 bits per heavy atom. The largest absolute Gasteiger partial charge is 0.462 e. The Morgan fingerprint density at radius 3 is 0.700 bits per heavy atom. The zero-order valence-corrected chi connectivity index (χ0v) is 50.0. The van der Waals surface area contributed by atoms with E-state index in [1.165, 1.54) is 0 Å². The van der Waals surface area contributed by atoms with E-state index in [1.807, 2.05) is 0 Å². The van der Waals surface area contributed by atoms with E-state index in [0.717, 1.165) is 161 Å². The Hall–Kier alpha value is -6.30. The predicted molar refractivity (Wildman–Crippen MR) is 351 cm³/mol. The van der Waals surface area contributed by atoms with E-state index in [2.05, 4.69) is 257 Å². The lowest BCUT2D eigenvalue weighted by Gasteiger charge is -2.15. The highest BCUT2D eigenvalue weighted by Gasteiger charge is 2.16. The lowest BCUT2D eigenvalue weighted by molar-refractivity contribution is -0.161. The fourth-order valence-electron chi connectivity index (χ4n) is 7.14. The number of unbranched alkanes of at least 4 members (excludes halogenated alkanes) is 4. The third-order valence-electron chi connectivity index (χ3n) is 11.6. The van der Waals surface area contributed by atoms with Gasteiger partial charge in [-0.1, -0.05) is 257 Å². The van der Waals surface area contributed by atoms with Gasteiger partial charge in [0.2, 0.25) is 0 Å². The number of carbonyl (C=O) groups excluding carboxylic acids is 2. The Morgan fingerprint density at radius 2 is 0.487 bits per heavy atom. The van der Waals surface area contributed by atoms with E-state index < -0.39 is 6.10 Å². The molecule has 80 heavy (non-hydrogen) atoms. The van der Waals surface area contributed by atoms with Crippen molar-refractivity contribution in [2.75, 3.05) is 13.2 Å². The average Bonchev–Trinajstić information content (AvgIpc) is 3.46. The molecular weight excluding hydrogens is 981 g/mol. The van der Waals surface area contributed by atoms with E-state index in [-0.39, 0.29) is 31.6 Å². The fraction of sp³-hybridized carbons (Fsp3) is 0.440. The van der Waals surface area contributed by atoms with Crippen LogP contribution in [0.5, 0.6) is 0 Å². The van der Waals surface area contributed by atoms with Gasteiger partial charge in [0, 0.05) is 12.8 Å². The topological polar surface area (TPSA) is 72.8 Å². The normalized spacial score (nSPS) is 14.0. The van der Waals surface area contributed by atoms with Crippen molar-refractivity contribution in [3.05, 3.63) is 243 Å². The number of hydrogen-bond acceptors (Lipinski definition) is 5. The fourth-order valence-corrected chi connectivity index (χ4v) is 7.14. The van der Waals surface area contributed by atoms with E-state index in [0.29, 0.717) is 12.8 Å². The first-order valence-electron chi connectivity index (χ1n) is 30.6. The second-order valence-corrected chi connectivity index (χ2v) is 19.0. The molecule has 1 atom stereocenters. The van der Waals surface area contributed by atoms with Crippen LogP contribution in [0.15, 0.2) is 243 Å².